The van der Waals surface area contributed by atoms with Gasteiger partial charge in [0.05, 0.1) is 12.0 Å². The van der Waals surface area contributed by atoms with Crippen LogP contribution in [0.3, 0.4) is 0 Å². The van der Waals surface area contributed by atoms with E-state index in [-0.39, 0.29) is 0 Å². The Morgan fingerprint density at radius 1 is 0.960 bits per heavy atom. The van der Waals surface area contributed by atoms with Crippen LogP contribution in [0.4, 0.5) is 0 Å². The quantitative estimate of drug-likeness (QED) is 0.445. The molecule has 1 aromatic heterocycles. The molecule has 25 heavy (non-hydrogen) atoms. The SMILES string of the molecule is C/C(=N\OCc1ccc(C)cc1)c1ccc(OCc2ccco2)cc1. The molecule has 0 aliphatic carbocycles. The second kappa shape index (κ2) is 8.20. The maximum absolute atomic E-state index is 5.67. The van der Waals surface area contributed by atoms with E-state index in [0.29, 0.717) is 13.2 Å². The second-order valence-corrected chi connectivity index (χ2v) is 5.83. The van der Waals surface area contributed by atoms with Crippen LogP contribution in [-0.4, -0.2) is 5.71 Å². The molecule has 0 N–H and O–H groups in total. The third kappa shape index (κ3) is 4.98. The number of hydrogen-bond acceptors (Lipinski definition) is 4. The van der Waals surface area contributed by atoms with E-state index in [4.69, 9.17) is 14.0 Å². The van der Waals surface area contributed by atoms with Gasteiger partial charge in [-0.15, -0.1) is 0 Å². The number of hydrogen-bond donors (Lipinski definition) is 0. The van der Waals surface area contributed by atoms with Gasteiger partial charge in [0, 0.05) is 0 Å². The van der Waals surface area contributed by atoms with Crippen LogP contribution < -0.4 is 4.74 Å². The van der Waals surface area contributed by atoms with Gasteiger partial charge in [-0.05, 0) is 61.4 Å². The van der Waals surface area contributed by atoms with E-state index in [1.54, 1.807) is 6.26 Å². The lowest BCUT2D eigenvalue weighted by Crippen LogP contribution is -1.98. The van der Waals surface area contributed by atoms with Crippen LogP contribution in [0, 0.1) is 6.92 Å². The Hall–Kier alpha value is -3.01. The first-order valence-corrected chi connectivity index (χ1v) is 8.18. The van der Waals surface area contributed by atoms with Crippen LogP contribution in [-0.2, 0) is 18.1 Å². The Morgan fingerprint density at radius 3 is 2.40 bits per heavy atom. The number of ether oxygens (including phenoxy) is 1. The molecular weight excluding hydrogens is 314 g/mol. The summed E-state index contributed by atoms with van der Waals surface area (Å²) in [5.41, 5.74) is 4.15. The van der Waals surface area contributed by atoms with E-state index >= 15 is 0 Å². The topological polar surface area (TPSA) is 44.0 Å². The van der Waals surface area contributed by atoms with Crippen molar-refractivity contribution in [1.29, 1.82) is 0 Å². The minimum absolute atomic E-state index is 0.416. The predicted molar refractivity (Wildman–Crippen MR) is 97.7 cm³/mol. The number of aryl methyl sites for hydroxylation is 1. The minimum atomic E-state index is 0.416. The molecule has 0 saturated heterocycles. The Labute approximate surface area is 147 Å². The Bertz CT molecular complexity index is 803. The van der Waals surface area contributed by atoms with Gasteiger partial charge in [-0.25, -0.2) is 0 Å². The number of oxime groups is 1. The van der Waals surface area contributed by atoms with Crippen LogP contribution in [0.2, 0.25) is 0 Å². The van der Waals surface area contributed by atoms with Gasteiger partial charge in [-0.2, -0.15) is 0 Å². The van der Waals surface area contributed by atoms with Gasteiger partial charge in [-0.3, -0.25) is 0 Å². The highest BCUT2D eigenvalue weighted by molar-refractivity contribution is 5.98. The molecule has 0 spiro atoms. The highest BCUT2D eigenvalue weighted by Crippen LogP contribution is 2.15. The van der Waals surface area contributed by atoms with Crippen LogP contribution >= 0.6 is 0 Å². The van der Waals surface area contributed by atoms with Crippen LogP contribution in [0.1, 0.15) is 29.4 Å². The second-order valence-electron chi connectivity index (χ2n) is 5.83. The lowest BCUT2D eigenvalue weighted by molar-refractivity contribution is 0.130. The summed E-state index contributed by atoms with van der Waals surface area (Å²) in [4.78, 5) is 5.45. The van der Waals surface area contributed by atoms with Crippen molar-refractivity contribution >= 4 is 5.71 Å². The van der Waals surface area contributed by atoms with Gasteiger partial charge in [-0.1, -0.05) is 35.0 Å². The third-order valence-corrected chi connectivity index (χ3v) is 3.79. The molecular formula is C21H21NO3. The number of rotatable bonds is 7. The van der Waals surface area contributed by atoms with Crippen LogP contribution in [0.25, 0.3) is 0 Å². The molecule has 2 aromatic carbocycles. The maximum atomic E-state index is 5.67. The summed E-state index contributed by atoms with van der Waals surface area (Å²) < 4.78 is 10.9. The molecule has 0 aliphatic heterocycles. The van der Waals surface area contributed by atoms with E-state index in [1.807, 2.05) is 55.5 Å². The summed E-state index contributed by atoms with van der Waals surface area (Å²) in [6.07, 6.45) is 1.64. The zero-order valence-electron chi connectivity index (χ0n) is 14.4. The van der Waals surface area contributed by atoms with Gasteiger partial charge >= 0.3 is 0 Å². The average Bonchev–Trinajstić information content (AvgIpc) is 3.15. The van der Waals surface area contributed by atoms with Crippen molar-refractivity contribution in [2.24, 2.45) is 5.16 Å². The highest BCUT2D eigenvalue weighted by Gasteiger charge is 2.02. The minimum Gasteiger partial charge on any atom is -0.486 e. The summed E-state index contributed by atoms with van der Waals surface area (Å²) in [5.74, 6) is 1.58. The van der Waals surface area contributed by atoms with E-state index in [1.165, 1.54) is 5.56 Å². The Morgan fingerprint density at radius 2 is 1.72 bits per heavy atom. The molecule has 0 saturated carbocycles. The molecule has 0 bridgehead atoms. The van der Waals surface area contributed by atoms with Crippen molar-refractivity contribution in [2.45, 2.75) is 27.1 Å². The molecule has 4 heteroatoms. The summed E-state index contributed by atoms with van der Waals surface area (Å²) in [7, 11) is 0. The monoisotopic (exact) mass is 335 g/mol. The molecule has 4 nitrogen and oxygen atoms in total. The van der Waals surface area contributed by atoms with Gasteiger partial charge in [0.1, 0.15) is 24.7 Å². The molecule has 0 amide bonds. The van der Waals surface area contributed by atoms with E-state index in [9.17, 15) is 0 Å². The molecule has 0 radical (unpaired) electrons. The van der Waals surface area contributed by atoms with Gasteiger partial charge in [0.2, 0.25) is 0 Å². The molecule has 0 aliphatic rings. The van der Waals surface area contributed by atoms with Crippen LogP contribution in [0.15, 0.2) is 76.5 Å². The van der Waals surface area contributed by atoms with Crippen molar-refractivity contribution < 1.29 is 14.0 Å². The first-order valence-electron chi connectivity index (χ1n) is 8.18. The summed E-state index contributed by atoms with van der Waals surface area (Å²) in [5, 5.41) is 4.19. The summed E-state index contributed by atoms with van der Waals surface area (Å²) in [6.45, 7) is 4.86. The fourth-order valence-corrected chi connectivity index (χ4v) is 2.28. The lowest BCUT2D eigenvalue weighted by Gasteiger charge is -2.06. The largest absolute Gasteiger partial charge is 0.486 e. The standard InChI is InChI=1S/C21H21NO3/c1-16-5-7-18(8-6-16)14-25-22-17(2)19-9-11-20(12-10-19)24-15-21-4-3-13-23-21/h3-13H,14-15H2,1-2H3/b22-17+. The maximum Gasteiger partial charge on any atom is 0.146 e. The van der Waals surface area contributed by atoms with Crippen molar-refractivity contribution in [1.82, 2.24) is 0 Å². The zero-order valence-corrected chi connectivity index (χ0v) is 14.4. The Kier molecular flexibility index (Phi) is 5.52. The average molecular weight is 335 g/mol. The van der Waals surface area contributed by atoms with Crippen LogP contribution in [0.5, 0.6) is 5.75 Å². The first-order chi connectivity index (χ1) is 12.2. The summed E-state index contributed by atoms with van der Waals surface area (Å²) in [6, 6.07) is 19.7. The molecule has 1 heterocycles. The third-order valence-electron chi connectivity index (χ3n) is 3.79. The van der Waals surface area contributed by atoms with Gasteiger partial charge in [0.25, 0.3) is 0 Å². The van der Waals surface area contributed by atoms with Crippen molar-refractivity contribution in [2.75, 3.05) is 0 Å². The van der Waals surface area contributed by atoms with Crippen molar-refractivity contribution in [3.8, 4) is 5.75 Å². The number of nitrogens with zero attached hydrogens (tertiary/aromatic N) is 1. The fraction of sp³-hybridized carbons (Fsp3) is 0.190. The molecule has 0 unspecified atom stereocenters. The number of benzene rings is 2. The highest BCUT2D eigenvalue weighted by atomic mass is 16.6. The molecule has 128 valence electrons. The smallest absolute Gasteiger partial charge is 0.146 e. The molecule has 3 rings (SSSR count). The van der Waals surface area contributed by atoms with Gasteiger partial charge in [0.15, 0.2) is 0 Å². The molecule has 3 aromatic rings. The summed E-state index contributed by atoms with van der Waals surface area (Å²) >= 11 is 0. The van der Waals surface area contributed by atoms with E-state index < -0.39 is 0 Å². The lowest BCUT2D eigenvalue weighted by atomic mass is 10.1. The molecule has 0 fully saturated rings. The van der Waals surface area contributed by atoms with Crippen molar-refractivity contribution in [3.63, 3.8) is 0 Å². The normalized spacial score (nSPS) is 11.4. The zero-order chi connectivity index (χ0) is 17.5. The Balaban J connectivity index is 1.52. The first kappa shape index (κ1) is 16.8. The van der Waals surface area contributed by atoms with Gasteiger partial charge < -0.3 is 14.0 Å². The predicted octanol–water partition coefficient (Wildman–Crippen LogP) is 5.11. The number of furan rings is 1. The van der Waals surface area contributed by atoms with E-state index in [0.717, 1.165) is 28.3 Å². The van der Waals surface area contributed by atoms with Crippen molar-refractivity contribution in [3.05, 3.63) is 89.4 Å². The molecule has 0 atom stereocenters. The van der Waals surface area contributed by atoms with E-state index in [2.05, 4.69) is 24.2 Å². The fourth-order valence-electron chi connectivity index (χ4n) is 2.28.